The van der Waals surface area contributed by atoms with Crippen molar-refractivity contribution < 1.29 is 0 Å². The van der Waals surface area contributed by atoms with Crippen LogP contribution in [0.5, 0.6) is 0 Å². The summed E-state index contributed by atoms with van der Waals surface area (Å²) in [6.07, 6.45) is 0. The number of para-hydroxylation sites is 2. The van der Waals surface area contributed by atoms with Crippen LogP contribution in [0.15, 0.2) is 255 Å². The first-order chi connectivity index (χ1) is 33.2. The van der Waals surface area contributed by atoms with Crippen molar-refractivity contribution in [3.8, 4) is 95.5 Å². The van der Waals surface area contributed by atoms with Gasteiger partial charge in [-0.1, -0.05) is 224 Å². The van der Waals surface area contributed by atoms with Crippen LogP contribution < -0.4 is 0 Å². The van der Waals surface area contributed by atoms with Crippen molar-refractivity contribution in [1.82, 2.24) is 19.5 Å². The number of benzene rings is 9. The summed E-state index contributed by atoms with van der Waals surface area (Å²) in [6, 6.07) is 89.8. The zero-order valence-corrected chi connectivity index (χ0v) is 36.5. The Balaban J connectivity index is 1.06. The Morgan fingerprint density at radius 3 is 1.15 bits per heavy atom. The molecule has 314 valence electrons. The lowest BCUT2D eigenvalue weighted by molar-refractivity contribution is 1.16. The molecule has 12 rings (SSSR count). The van der Waals surface area contributed by atoms with E-state index in [0.717, 1.165) is 89.7 Å². The van der Waals surface area contributed by atoms with Crippen LogP contribution in [0.1, 0.15) is 0 Å². The van der Waals surface area contributed by atoms with E-state index < -0.39 is 0 Å². The van der Waals surface area contributed by atoms with Crippen molar-refractivity contribution in [3.05, 3.63) is 255 Å². The predicted molar refractivity (Wildman–Crippen MR) is 278 cm³/mol. The summed E-state index contributed by atoms with van der Waals surface area (Å²) in [4.78, 5) is 16.1. The number of aromatic nitrogens is 4. The van der Waals surface area contributed by atoms with E-state index in [1.54, 1.807) is 0 Å². The fourth-order valence-corrected chi connectivity index (χ4v) is 9.53. The molecule has 0 radical (unpaired) electrons. The van der Waals surface area contributed by atoms with E-state index in [2.05, 4.69) is 241 Å². The lowest BCUT2D eigenvalue weighted by Gasteiger charge is -2.23. The number of fused-ring (bicyclic) bond motifs is 3. The summed E-state index contributed by atoms with van der Waals surface area (Å²) >= 11 is 0. The highest BCUT2D eigenvalue weighted by Gasteiger charge is 2.25. The van der Waals surface area contributed by atoms with Gasteiger partial charge in [-0.3, -0.25) is 0 Å². The first-order valence-corrected chi connectivity index (χ1v) is 22.7. The molecule has 3 aromatic heterocycles. The second kappa shape index (κ2) is 17.2. The van der Waals surface area contributed by atoms with E-state index >= 15 is 0 Å². The maximum atomic E-state index is 5.63. The van der Waals surface area contributed by atoms with Gasteiger partial charge in [0.05, 0.1) is 33.8 Å². The van der Waals surface area contributed by atoms with Gasteiger partial charge in [0, 0.05) is 61.0 Å². The molecule has 0 saturated heterocycles. The van der Waals surface area contributed by atoms with Gasteiger partial charge >= 0.3 is 0 Å². The Morgan fingerprint density at radius 2 is 0.642 bits per heavy atom. The lowest BCUT2D eigenvalue weighted by Crippen LogP contribution is -2.01. The Hall–Kier alpha value is -8.99. The molecule has 4 heteroatoms. The molecule has 3 heterocycles. The van der Waals surface area contributed by atoms with Crippen molar-refractivity contribution in [2.24, 2.45) is 0 Å². The average Bonchev–Trinajstić information content (AvgIpc) is 3.76. The van der Waals surface area contributed by atoms with Crippen LogP contribution >= 0.6 is 0 Å². The first kappa shape index (κ1) is 39.6. The highest BCUT2D eigenvalue weighted by atomic mass is 15.0. The molecule has 0 aliphatic carbocycles. The molecule has 0 bridgehead atoms. The van der Waals surface area contributed by atoms with E-state index in [4.69, 9.17) is 15.0 Å². The standard InChI is InChI=1S/C63H42N4/c1-6-21-44(22-7-1)59-58(60(45-23-8-2-9-24-45)62(48-27-12-4-13-28-48)66-61(59)47-25-10-3-11-26-47)46-39-37-43(38-40-46)54-42-55(65-63(64-54)49-29-14-5-15-30-49)50-31-20-32-51(41-50)67-56-35-18-16-33-52(56)53-34-17-19-36-57(53)67/h1-42H. The highest BCUT2D eigenvalue weighted by molar-refractivity contribution is 6.09. The van der Waals surface area contributed by atoms with Crippen LogP contribution in [-0.2, 0) is 0 Å². The molecule has 0 aliphatic rings. The van der Waals surface area contributed by atoms with E-state index in [9.17, 15) is 0 Å². The smallest absolute Gasteiger partial charge is 0.160 e. The molecular formula is C63H42N4. The minimum Gasteiger partial charge on any atom is -0.309 e. The third kappa shape index (κ3) is 7.37. The number of hydrogen-bond donors (Lipinski definition) is 0. The van der Waals surface area contributed by atoms with E-state index in [1.807, 2.05) is 18.2 Å². The van der Waals surface area contributed by atoms with Crippen molar-refractivity contribution in [2.75, 3.05) is 0 Å². The third-order valence-corrected chi connectivity index (χ3v) is 12.6. The molecule has 0 unspecified atom stereocenters. The monoisotopic (exact) mass is 854 g/mol. The van der Waals surface area contributed by atoms with Crippen molar-refractivity contribution in [2.45, 2.75) is 0 Å². The molecule has 0 amide bonds. The van der Waals surface area contributed by atoms with Gasteiger partial charge in [0.25, 0.3) is 0 Å². The Kier molecular flexibility index (Phi) is 10.2. The Bertz CT molecular complexity index is 3540. The quantitative estimate of drug-likeness (QED) is 0.145. The molecule has 12 aromatic rings. The van der Waals surface area contributed by atoms with Gasteiger partial charge in [-0.15, -0.1) is 0 Å². The van der Waals surface area contributed by atoms with Gasteiger partial charge in [-0.05, 0) is 47.0 Å². The molecular weight excluding hydrogens is 813 g/mol. The van der Waals surface area contributed by atoms with Gasteiger partial charge in [-0.25, -0.2) is 15.0 Å². The topological polar surface area (TPSA) is 43.6 Å². The molecule has 0 aliphatic heterocycles. The van der Waals surface area contributed by atoms with Crippen LogP contribution in [0.3, 0.4) is 0 Å². The number of rotatable bonds is 9. The molecule has 9 aromatic carbocycles. The van der Waals surface area contributed by atoms with Crippen molar-refractivity contribution in [3.63, 3.8) is 0 Å². The van der Waals surface area contributed by atoms with E-state index in [0.29, 0.717) is 5.82 Å². The number of pyridine rings is 1. The molecule has 0 spiro atoms. The fraction of sp³-hybridized carbons (Fsp3) is 0. The van der Waals surface area contributed by atoms with E-state index in [1.165, 1.54) is 21.8 Å². The van der Waals surface area contributed by atoms with Gasteiger partial charge in [0.1, 0.15) is 0 Å². The van der Waals surface area contributed by atoms with Crippen LogP contribution in [0.2, 0.25) is 0 Å². The summed E-state index contributed by atoms with van der Waals surface area (Å²) in [5, 5.41) is 2.46. The molecule has 0 N–H and O–H groups in total. The van der Waals surface area contributed by atoms with Gasteiger partial charge < -0.3 is 4.57 Å². The molecule has 0 fully saturated rings. The summed E-state index contributed by atoms with van der Waals surface area (Å²) < 4.78 is 2.35. The maximum absolute atomic E-state index is 5.63. The largest absolute Gasteiger partial charge is 0.309 e. The Morgan fingerprint density at radius 1 is 0.254 bits per heavy atom. The van der Waals surface area contributed by atoms with E-state index in [-0.39, 0.29) is 0 Å². The number of hydrogen-bond acceptors (Lipinski definition) is 3. The van der Waals surface area contributed by atoms with Gasteiger partial charge in [0.15, 0.2) is 5.82 Å². The molecule has 0 atom stereocenters. The Labute approximate surface area is 389 Å². The molecule has 67 heavy (non-hydrogen) atoms. The maximum Gasteiger partial charge on any atom is 0.160 e. The molecule has 0 saturated carbocycles. The first-order valence-electron chi connectivity index (χ1n) is 22.7. The summed E-state index contributed by atoms with van der Waals surface area (Å²) in [6.45, 7) is 0. The fourth-order valence-electron chi connectivity index (χ4n) is 9.53. The second-order valence-corrected chi connectivity index (χ2v) is 16.7. The van der Waals surface area contributed by atoms with Crippen LogP contribution in [0.25, 0.3) is 117 Å². The number of nitrogens with zero attached hydrogens (tertiary/aromatic N) is 4. The summed E-state index contributed by atoms with van der Waals surface area (Å²) in [7, 11) is 0. The lowest BCUT2D eigenvalue weighted by atomic mass is 9.83. The minimum atomic E-state index is 0.673. The average molecular weight is 855 g/mol. The highest BCUT2D eigenvalue weighted by Crippen LogP contribution is 2.49. The SMILES string of the molecule is c1ccc(-c2nc(-c3ccc(-c4c(-c5ccccc5)c(-c5ccccc5)nc(-c5ccccc5)c4-c4ccccc4)cc3)cc(-c3cccc(-n4c5ccccc5c5ccccc54)c3)n2)cc1. The minimum absolute atomic E-state index is 0.673. The van der Waals surface area contributed by atoms with Gasteiger partial charge in [0.2, 0.25) is 0 Å². The predicted octanol–water partition coefficient (Wildman–Crippen LogP) is 16.3. The van der Waals surface area contributed by atoms with Crippen LogP contribution in [-0.4, -0.2) is 19.5 Å². The zero-order chi connectivity index (χ0) is 44.5. The normalized spacial score (nSPS) is 11.3. The second-order valence-electron chi connectivity index (χ2n) is 16.7. The summed E-state index contributed by atoms with van der Waals surface area (Å²) in [5.74, 6) is 0.673. The summed E-state index contributed by atoms with van der Waals surface area (Å²) in [5.41, 5.74) is 18.6. The molecule has 4 nitrogen and oxygen atoms in total. The van der Waals surface area contributed by atoms with Gasteiger partial charge in [-0.2, -0.15) is 0 Å². The zero-order valence-electron chi connectivity index (χ0n) is 36.5. The van der Waals surface area contributed by atoms with Crippen LogP contribution in [0, 0.1) is 0 Å². The third-order valence-electron chi connectivity index (χ3n) is 12.6. The van der Waals surface area contributed by atoms with Crippen molar-refractivity contribution >= 4 is 21.8 Å². The van der Waals surface area contributed by atoms with Crippen LogP contribution in [0.4, 0.5) is 0 Å². The van der Waals surface area contributed by atoms with Crippen molar-refractivity contribution in [1.29, 1.82) is 0 Å².